The van der Waals surface area contributed by atoms with Gasteiger partial charge in [-0.25, -0.2) is 0 Å². The molecule has 0 aromatic rings. The van der Waals surface area contributed by atoms with Crippen molar-refractivity contribution in [3.63, 3.8) is 0 Å². The van der Waals surface area contributed by atoms with Gasteiger partial charge >= 0.3 is 0 Å². The summed E-state index contributed by atoms with van der Waals surface area (Å²) in [5, 5.41) is 8.39. The Morgan fingerprint density at radius 1 is 1.25 bits per heavy atom. The minimum Gasteiger partial charge on any atom is -0.391 e. The van der Waals surface area contributed by atoms with Gasteiger partial charge in [-0.3, -0.25) is 0 Å². The molecule has 0 radical (unpaired) electrons. The van der Waals surface area contributed by atoms with Crippen LogP contribution < -0.4 is 0 Å². The molecule has 0 aromatic carbocycles. The first-order valence-corrected chi connectivity index (χ1v) is 2.47. The Morgan fingerprint density at radius 3 is 1.62 bits per heavy atom. The molecular weight excluding hydrogens is 106 g/mol. The number of aliphatic hydroxyl groups is 1. The number of aliphatic hydroxyl groups excluding tert-OH is 1. The van der Waals surface area contributed by atoms with Crippen molar-refractivity contribution < 1.29 is 9.59 Å². The van der Waals surface area contributed by atoms with Gasteiger partial charge < -0.3 is 9.59 Å². The molecule has 0 heterocycles. The van der Waals surface area contributed by atoms with Gasteiger partial charge in [0.05, 0.1) is 27.7 Å². The highest BCUT2D eigenvalue weighted by molar-refractivity contribution is 4.19. The maximum atomic E-state index is 8.39. The van der Waals surface area contributed by atoms with E-state index in [9.17, 15) is 0 Å². The van der Waals surface area contributed by atoms with Gasteiger partial charge in [-0.1, -0.05) is 7.43 Å². The Labute approximate surface area is 52.3 Å². The van der Waals surface area contributed by atoms with Crippen LogP contribution in [0.2, 0.25) is 0 Å². The van der Waals surface area contributed by atoms with E-state index in [-0.39, 0.29) is 14.0 Å². The molecule has 2 heteroatoms. The van der Waals surface area contributed by atoms with Crippen molar-refractivity contribution in [3.8, 4) is 0 Å². The molecule has 52 valence electrons. The molecule has 0 unspecified atom stereocenters. The maximum Gasteiger partial charge on any atom is 0.101 e. The van der Waals surface area contributed by atoms with Crippen LogP contribution in [0.15, 0.2) is 0 Å². The molecule has 0 bridgehead atoms. The van der Waals surface area contributed by atoms with Crippen molar-refractivity contribution in [3.05, 3.63) is 0 Å². The molecule has 1 N–H and O–H groups in total. The number of hydrogen-bond acceptors (Lipinski definition) is 1. The summed E-state index contributed by atoms with van der Waals surface area (Å²) >= 11 is 0. The molecule has 0 spiro atoms. The Bertz CT molecular complexity index is 47.0. The van der Waals surface area contributed by atoms with Crippen LogP contribution in [-0.2, 0) is 0 Å². The highest BCUT2D eigenvalue weighted by Gasteiger charge is 2.02. The predicted octanol–water partition coefficient (Wildman–Crippen LogP) is 0.321. The number of nitrogens with zero attached hydrogens (tertiary/aromatic N) is 1. The van der Waals surface area contributed by atoms with Crippen molar-refractivity contribution in [2.45, 2.75) is 7.43 Å². The second-order valence-corrected chi connectivity index (χ2v) is 2.74. The Balaban J connectivity index is 0. The summed E-state index contributed by atoms with van der Waals surface area (Å²) < 4.78 is 0.844. The first-order valence-electron chi connectivity index (χ1n) is 2.47. The third-order valence-corrected chi connectivity index (χ3v) is 0.771. The first kappa shape index (κ1) is 10.8. The maximum absolute atomic E-state index is 8.39. The average molecular weight is 124 g/mol. The summed E-state index contributed by atoms with van der Waals surface area (Å²) in [6, 6.07) is 0. The first-order chi connectivity index (χ1) is 3.06. The summed E-state index contributed by atoms with van der Waals surface area (Å²) in [6.45, 7) is 1.11. The van der Waals surface area contributed by atoms with Crippen molar-refractivity contribution in [2.24, 2.45) is 0 Å². The SMILES string of the molecule is C.[13CH3][15N+]([13CH3])([13CH3])CCO. The predicted molar refractivity (Wildman–Crippen MR) is 36.7 cm³/mol. The lowest BCUT2D eigenvalue weighted by molar-refractivity contribution is -0.870. The zero-order valence-corrected chi connectivity index (χ0v) is 5.31. The van der Waals surface area contributed by atoms with Gasteiger partial charge in [0.2, 0.25) is 0 Å². The summed E-state index contributed by atoms with van der Waals surface area (Å²) in [5.74, 6) is 0. The van der Waals surface area contributed by atoms with Crippen LogP contribution in [0.25, 0.3) is 0 Å². The van der Waals surface area contributed by atoms with E-state index in [1.165, 1.54) is 0 Å². The fourth-order valence-corrected chi connectivity index (χ4v) is 0.300. The quantitative estimate of drug-likeness (QED) is 0.319. The summed E-state index contributed by atoms with van der Waals surface area (Å²) in [6.07, 6.45) is 0. The van der Waals surface area contributed by atoms with Crippen molar-refractivity contribution >= 4 is 0 Å². The van der Waals surface area contributed by atoms with Gasteiger partial charge in [-0.15, -0.1) is 0 Å². The molecule has 0 aliphatic heterocycles. The smallest absolute Gasteiger partial charge is 0.101 e. The van der Waals surface area contributed by atoms with E-state index >= 15 is 0 Å². The zero-order valence-electron chi connectivity index (χ0n) is 5.31. The lowest BCUT2D eigenvalue weighted by atomic mass is 10.7. The van der Waals surface area contributed by atoms with Gasteiger partial charge in [-0.2, -0.15) is 0 Å². The summed E-state index contributed by atoms with van der Waals surface area (Å²) in [5.41, 5.74) is 0. The van der Waals surface area contributed by atoms with E-state index in [0.29, 0.717) is 0 Å². The zero-order chi connectivity index (χ0) is 5.91. The molecule has 2 nitrogen and oxygen atoms in total. The van der Waals surface area contributed by atoms with Crippen molar-refractivity contribution in [2.75, 3.05) is 34.3 Å². The molecule has 0 saturated carbocycles. The van der Waals surface area contributed by atoms with Gasteiger partial charge in [-0.05, 0) is 0 Å². The Morgan fingerprint density at radius 2 is 1.62 bits per heavy atom. The minimum absolute atomic E-state index is 0. The normalized spacial score (nSPS) is 10.5. The Hall–Kier alpha value is -0.0800. The molecule has 0 amide bonds. The van der Waals surface area contributed by atoms with Crippen molar-refractivity contribution in [1.82, 2.24) is 0 Å². The molecule has 0 aliphatic rings. The van der Waals surface area contributed by atoms with Crippen LogP contribution in [0.5, 0.6) is 0 Å². The van der Waals surface area contributed by atoms with E-state index in [1.807, 2.05) is 0 Å². The largest absolute Gasteiger partial charge is 0.391 e. The van der Waals surface area contributed by atoms with Crippen LogP contribution in [0.4, 0.5) is 0 Å². The molecule has 0 saturated heterocycles. The van der Waals surface area contributed by atoms with Gasteiger partial charge in [0.25, 0.3) is 0 Å². The van der Waals surface area contributed by atoms with E-state index in [4.69, 9.17) is 5.11 Å². The highest BCUT2D eigenvalue weighted by Crippen LogP contribution is 1.84. The minimum atomic E-state index is 0. The second-order valence-electron chi connectivity index (χ2n) is 2.74. The molecule has 0 aliphatic carbocycles. The highest BCUT2D eigenvalue weighted by atomic mass is 16.3. The Kier molecular flexibility index (Phi) is 5.23. The summed E-state index contributed by atoms with van der Waals surface area (Å²) in [7, 11) is 6.16. The van der Waals surface area contributed by atoms with Gasteiger partial charge in [0, 0.05) is 0 Å². The number of likely N-dealkylation sites (N-methyl/N-ethyl adjacent to an activating group) is 1. The second kappa shape index (κ2) is 3.87. The van der Waals surface area contributed by atoms with E-state index in [1.54, 1.807) is 0 Å². The third kappa shape index (κ3) is 9.33. The lowest BCUT2D eigenvalue weighted by Gasteiger charge is -2.21. The molecule has 0 atom stereocenters. The third-order valence-electron chi connectivity index (χ3n) is 0.771. The van der Waals surface area contributed by atoms with Crippen LogP contribution in [0.3, 0.4) is 0 Å². The van der Waals surface area contributed by atoms with Gasteiger partial charge in [0.15, 0.2) is 0 Å². The van der Waals surface area contributed by atoms with Crippen LogP contribution in [0.1, 0.15) is 7.43 Å². The van der Waals surface area contributed by atoms with E-state index < -0.39 is 0 Å². The molecule has 0 rings (SSSR count). The van der Waals surface area contributed by atoms with Crippen LogP contribution in [0, 0.1) is 0 Å². The fourth-order valence-electron chi connectivity index (χ4n) is 0.300. The van der Waals surface area contributed by atoms with Gasteiger partial charge in [0.1, 0.15) is 6.54 Å². The van der Waals surface area contributed by atoms with E-state index in [0.717, 1.165) is 11.0 Å². The standard InChI is InChI=1S/C5H14NO.CH4/c1-6(2,3)4-5-7;/h7H,4-5H2,1-3H3;1H4/q+1;/i1+1,2+1,3+1,6+1;. The molecule has 0 aromatic heterocycles. The monoisotopic (exact) mass is 124 g/mol. The molecule has 8 heavy (non-hydrogen) atoms. The van der Waals surface area contributed by atoms with Crippen molar-refractivity contribution in [1.29, 1.82) is 0 Å². The summed E-state index contributed by atoms with van der Waals surface area (Å²) in [4.78, 5) is 0. The number of hydrogen-bond donors (Lipinski definition) is 1. The topological polar surface area (TPSA) is 20.2 Å². The van der Waals surface area contributed by atoms with Crippen LogP contribution >= 0.6 is 0 Å². The number of quaternary nitrogens is 1. The van der Waals surface area contributed by atoms with E-state index in [2.05, 4.69) is 21.1 Å². The fraction of sp³-hybridized carbons (Fsp3) is 1.00. The average Bonchev–Trinajstić information content (AvgIpc) is 1.30. The van der Waals surface area contributed by atoms with Crippen LogP contribution in [-0.4, -0.2) is 43.9 Å². The molecular formula is C6H18NO+. The lowest BCUT2D eigenvalue weighted by Crippen LogP contribution is -2.36. The molecule has 0 fully saturated rings. The number of rotatable bonds is 2.